The first-order chi connectivity index (χ1) is 21.1. The topological polar surface area (TPSA) is 121 Å². The summed E-state index contributed by atoms with van der Waals surface area (Å²) in [6.07, 6.45) is -1.26. The molecule has 0 N–H and O–H groups in total. The highest BCUT2D eigenvalue weighted by Gasteiger charge is 2.66. The van der Waals surface area contributed by atoms with Gasteiger partial charge in [-0.3, -0.25) is 9.59 Å². The van der Waals surface area contributed by atoms with Crippen molar-refractivity contribution in [1.82, 2.24) is 4.57 Å². The first-order valence-corrected chi connectivity index (χ1v) is 15.3. The first kappa shape index (κ1) is 32.2. The molecule has 11 heteroatoms. The van der Waals surface area contributed by atoms with Gasteiger partial charge in [-0.25, -0.2) is 19.1 Å². The van der Waals surface area contributed by atoms with E-state index < -0.39 is 52.5 Å². The second-order valence-corrected chi connectivity index (χ2v) is 13.7. The minimum Gasteiger partial charge on any atom is -0.466 e. The van der Waals surface area contributed by atoms with Crippen LogP contribution in [0.3, 0.4) is 0 Å². The van der Waals surface area contributed by atoms with Crippen LogP contribution in [0.5, 0.6) is 0 Å². The number of benzene rings is 2. The van der Waals surface area contributed by atoms with Crippen molar-refractivity contribution in [3.05, 3.63) is 64.3 Å². The van der Waals surface area contributed by atoms with Crippen LogP contribution in [0.1, 0.15) is 77.6 Å². The Kier molecular flexibility index (Phi) is 8.10. The minimum atomic E-state index is -1.81. The van der Waals surface area contributed by atoms with E-state index in [1.807, 2.05) is 0 Å². The van der Waals surface area contributed by atoms with Gasteiger partial charge in [0.25, 0.3) is 0 Å². The normalized spacial score (nSPS) is 21.0. The SMILES string of the molecule is CCOC(=O)[C@H]1Cc2c(c3ccccc3n2C(=O)OC(C)(C)C)[C@H](CC=O)[C@]12C(=O)N(C(=O)OC(C)(C)C)c1ccc(Cl)cc12. The van der Waals surface area contributed by atoms with Crippen molar-refractivity contribution < 1.29 is 38.2 Å². The summed E-state index contributed by atoms with van der Waals surface area (Å²) in [5, 5.41) is 0.875. The lowest BCUT2D eigenvalue weighted by atomic mass is 9.55. The second kappa shape index (κ2) is 11.3. The molecule has 1 spiro atoms. The molecule has 5 rings (SSSR count). The molecule has 2 aliphatic rings. The molecular weight excluding hydrogens is 600 g/mol. The maximum Gasteiger partial charge on any atom is 0.421 e. The Morgan fingerprint density at radius 3 is 2.27 bits per heavy atom. The van der Waals surface area contributed by atoms with Gasteiger partial charge in [-0.2, -0.15) is 0 Å². The van der Waals surface area contributed by atoms with E-state index in [1.54, 1.807) is 84.9 Å². The summed E-state index contributed by atoms with van der Waals surface area (Å²) < 4.78 is 18.4. The van der Waals surface area contributed by atoms with Crippen molar-refractivity contribution in [2.24, 2.45) is 5.92 Å². The average Bonchev–Trinajstić information content (AvgIpc) is 3.38. The zero-order valence-electron chi connectivity index (χ0n) is 26.4. The fourth-order valence-electron chi connectivity index (χ4n) is 6.77. The number of aromatic nitrogens is 1. The van der Waals surface area contributed by atoms with E-state index in [9.17, 15) is 19.2 Å². The van der Waals surface area contributed by atoms with Crippen LogP contribution in [-0.2, 0) is 40.4 Å². The van der Waals surface area contributed by atoms with Gasteiger partial charge < -0.3 is 19.0 Å². The zero-order chi connectivity index (χ0) is 33.1. The maximum absolute atomic E-state index is 15.0. The van der Waals surface area contributed by atoms with Crippen molar-refractivity contribution in [3.8, 4) is 0 Å². The molecule has 0 radical (unpaired) electrons. The van der Waals surface area contributed by atoms with Gasteiger partial charge in [0, 0.05) is 34.9 Å². The van der Waals surface area contributed by atoms with Crippen LogP contribution in [0, 0.1) is 5.92 Å². The van der Waals surface area contributed by atoms with E-state index in [1.165, 1.54) is 10.6 Å². The number of amides is 2. The molecule has 0 fully saturated rings. The van der Waals surface area contributed by atoms with E-state index in [4.69, 9.17) is 25.8 Å². The Balaban J connectivity index is 1.88. The van der Waals surface area contributed by atoms with Crippen LogP contribution in [-0.4, -0.2) is 52.7 Å². The number of fused-ring (bicyclic) bond motifs is 5. The van der Waals surface area contributed by atoms with Crippen molar-refractivity contribution in [2.45, 2.75) is 83.8 Å². The molecule has 1 aliphatic carbocycles. The quantitative estimate of drug-likeness (QED) is 0.176. The second-order valence-electron chi connectivity index (χ2n) is 13.3. The fourth-order valence-corrected chi connectivity index (χ4v) is 6.94. The van der Waals surface area contributed by atoms with Crippen LogP contribution in [0.2, 0.25) is 5.02 Å². The third kappa shape index (κ3) is 5.28. The fraction of sp³-hybridized carbons (Fsp3) is 0.441. The van der Waals surface area contributed by atoms with Gasteiger partial charge in [0.05, 0.1) is 29.1 Å². The molecule has 3 atom stereocenters. The number of nitrogens with zero attached hydrogens (tertiary/aromatic N) is 2. The predicted molar refractivity (Wildman–Crippen MR) is 168 cm³/mol. The van der Waals surface area contributed by atoms with Crippen LogP contribution in [0.25, 0.3) is 10.9 Å². The number of aldehydes is 1. The van der Waals surface area contributed by atoms with Gasteiger partial charge >= 0.3 is 18.2 Å². The molecular formula is C34H37ClN2O8. The number of carbonyl (C=O) groups excluding carboxylic acids is 5. The average molecular weight is 637 g/mol. The molecule has 10 nitrogen and oxygen atoms in total. The van der Waals surface area contributed by atoms with E-state index in [0.717, 1.165) is 4.90 Å². The number of ether oxygens (including phenoxy) is 3. The Morgan fingerprint density at radius 2 is 1.64 bits per heavy atom. The van der Waals surface area contributed by atoms with Gasteiger partial charge in [0.15, 0.2) is 0 Å². The highest BCUT2D eigenvalue weighted by atomic mass is 35.5. The number of imide groups is 1. The van der Waals surface area contributed by atoms with E-state index in [2.05, 4.69) is 0 Å². The Bertz CT molecular complexity index is 1730. The largest absolute Gasteiger partial charge is 0.466 e. The summed E-state index contributed by atoms with van der Waals surface area (Å²) in [7, 11) is 0. The van der Waals surface area contributed by atoms with Crippen LogP contribution in [0.15, 0.2) is 42.5 Å². The summed E-state index contributed by atoms with van der Waals surface area (Å²) in [6.45, 7) is 11.9. The standard InChI is InChI=1S/C34H37ClN2O8/c1-8-43-28(39)23-18-26-27(20-11-9-10-12-24(20)36(26)30(41)44-32(2,3)4)21(15-16-38)34(23)22-17-19(35)13-14-25(22)37(29(34)40)31(42)45-33(5,6)7/h9-14,16-17,21,23H,8,15,18H2,1-7H3/t21-,23+,34+/m0/s1. The number of hydrogen-bond donors (Lipinski definition) is 0. The van der Waals surface area contributed by atoms with Crippen molar-refractivity contribution in [1.29, 1.82) is 0 Å². The molecule has 1 aliphatic heterocycles. The number of hydrogen-bond acceptors (Lipinski definition) is 8. The highest BCUT2D eigenvalue weighted by Crippen LogP contribution is 2.61. The molecule has 2 aromatic carbocycles. The molecule has 0 unspecified atom stereocenters. The van der Waals surface area contributed by atoms with Crippen molar-refractivity contribution in [3.63, 3.8) is 0 Å². The number of carbonyl (C=O) groups is 5. The first-order valence-electron chi connectivity index (χ1n) is 14.9. The molecule has 0 bridgehead atoms. The summed E-state index contributed by atoms with van der Waals surface area (Å²) in [5.74, 6) is -3.71. The van der Waals surface area contributed by atoms with E-state index in [-0.39, 0.29) is 30.2 Å². The van der Waals surface area contributed by atoms with Gasteiger partial charge in [-0.15, -0.1) is 0 Å². The van der Waals surface area contributed by atoms with Crippen LogP contribution in [0.4, 0.5) is 15.3 Å². The van der Waals surface area contributed by atoms with Crippen LogP contribution < -0.4 is 4.90 Å². The molecule has 238 valence electrons. The third-order valence-electron chi connectivity index (χ3n) is 8.12. The zero-order valence-corrected chi connectivity index (χ0v) is 27.2. The molecule has 45 heavy (non-hydrogen) atoms. The Morgan fingerprint density at radius 1 is 1.00 bits per heavy atom. The van der Waals surface area contributed by atoms with Gasteiger partial charge in [-0.1, -0.05) is 29.8 Å². The minimum absolute atomic E-state index is 0.0119. The molecule has 0 saturated carbocycles. The van der Waals surface area contributed by atoms with Gasteiger partial charge in [0.2, 0.25) is 5.91 Å². The molecule has 2 heterocycles. The van der Waals surface area contributed by atoms with Crippen molar-refractivity contribution >= 4 is 58.5 Å². The summed E-state index contributed by atoms with van der Waals surface area (Å²) >= 11 is 6.53. The van der Waals surface area contributed by atoms with Gasteiger partial charge in [-0.05, 0) is 83.9 Å². The molecule has 1 aromatic heterocycles. The highest BCUT2D eigenvalue weighted by molar-refractivity contribution is 6.31. The molecule has 2 amide bonds. The van der Waals surface area contributed by atoms with E-state index in [0.29, 0.717) is 34.0 Å². The molecule has 0 saturated heterocycles. The number of anilines is 1. The smallest absolute Gasteiger partial charge is 0.421 e. The van der Waals surface area contributed by atoms with E-state index >= 15 is 4.79 Å². The molecule has 3 aromatic rings. The summed E-state index contributed by atoms with van der Waals surface area (Å²) in [5.41, 5.74) is -1.63. The summed E-state index contributed by atoms with van der Waals surface area (Å²) in [6, 6.07) is 11.7. The number of para-hydroxylation sites is 1. The number of halogens is 1. The predicted octanol–water partition coefficient (Wildman–Crippen LogP) is 6.71. The maximum atomic E-state index is 15.0. The monoisotopic (exact) mass is 636 g/mol. The van der Waals surface area contributed by atoms with Crippen molar-refractivity contribution in [2.75, 3.05) is 11.5 Å². The Labute approximate surface area is 266 Å². The number of esters is 1. The van der Waals surface area contributed by atoms with Gasteiger partial charge in [0.1, 0.15) is 17.5 Å². The Hall–Kier alpha value is -4.18. The summed E-state index contributed by atoms with van der Waals surface area (Å²) in [4.78, 5) is 70.0. The number of rotatable bonds is 4. The van der Waals surface area contributed by atoms with Crippen LogP contribution >= 0.6 is 11.6 Å². The lowest BCUT2D eigenvalue weighted by Crippen LogP contribution is -2.57. The third-order valence-corrected chi connectivity index (χ3v) is 8.35. The lowest BCUT2D eigenvalue weighted by Gasteiger charge is -2.44. The lowest BCUT2D eigenvalue weighted by molar-refractivity contribution is -0.155.